The maximum Gasteiger partial charge on any atom is 0.274 e. The molecule has 5 nitrogen and oxygen atoms in total. The Morgan fingerprint density at radius 2 is 2.15 bits per heavy atom. The normalized spacial score (nSPS) is 19.5. The Balaban J connectivity index is 1.99. The average molecular weight is 276 g/mol. The fourth-order valence-electron chi connectivity index (χ4n) is 2.65. The van der Waals surface area contributed by atoms with Crippen molar-refractivity contribution in [2.45, 2.75) is 39.5 Å². The van der Waals surface area contributed by atoms with E-state index < -0.39 is 0 Å². The second-order valence-corrected chi connectivity index (χ2v) is 5.31. The van der Waals surface area contributed by atoms with E-state index in [-0.39, 0.29) is 5.91 Å². The van der Waals surface area contributed by atoms with Crippen LogP contribution < -0.4 is 5.32 Å². The molecule has 1 atom stereocenters. The highest BCUT2D eigenvalue weighted by molar-refractivity contribution is 5.92. The first-order valence-electron chi connectivity index (χ1n) is 7.59. The van der Waals surface area contributed by atoms with Gasteiger partial charge in [0.1, 0.15) is 11.5 Å². The van der Waals surface area contributed by atoms with Gasteiger partial charge in [-0.05, 0) is 32.1 Å². The summed E-state index contributed by atoms with van der Waals surface area (Å²) in [6, 6.07) is 0. The number of hydrogen-bond acceptors (Lipinski definition) is 4. The van der Waals surface area contributed by atoms with Gasteiger partial charge in [0.25, 0.3) is 5.91 Å². The van der Waals surface area contributed by atoms with Crippen molar-refractivity contribution < 1.29 is 4.79 Å². The number of carbonyl (C=O) groups is 1. The molecule has 20 heavy (non-hydrogen) atoms. The van der Waals surface area contributed by atoms with Crippen molar-refractivity contribution in [1.82, 2.24) is 14.9 Å². The number of carbonyl (C=O) groups excluding carboxylic acids is 1. The van der Waals surface area contributed by atoms with E-state index in [9.17, 15) is 4.79 Å². The minimum Gasteiger partial charge on any atom is -0.369 e. The zero-order chi connectivity index (χ0) is 14.4. The molecule has 2 heterocycles. The lowest BCUT2D eigenvalue weighted by molar-refractivity contribution is 0.0753. The van der Waals surface area contributed by atoms with Crippen molar-refractivity contribution in [3.8, 4) is 0 Å². The van der Waals surface area contributed by atoms with E-state index in [1.807, 2.05) is 11.8 Å². The van der Waals surface area contributed by atoms with Gasteiger partial charge in [0.05, 0.1) is 12.4 Å². The van der Waals surface area contributed by atoms with Gasteiger partial charge in [0.15, 0.2) is 0 Å². The first-order chi connectivity index (χ1) is 9.74. The first-order valence-corrected chi connectivity index (χ1v) is 7.59. The molecule has 110 valence electrons. The quantitative estimate of drug-likeness (QED) is 0.918. The van der Waals surface area contributed by atoms with E-state index in [1.54, 1.807) is 12.4 Å². The Morgan fingerprint density at radius 3 is 2.80 bits per heavy atom. The van der Waals surface area contributed by atoms with Gasteiger partial charge in [-0.25, -0.2) is 9.97 Å². The summed E-state index contributed by atoms with van der Waals surface area (Å²) in [6.07, 6.45) is 7.83. The molecule has 5 heteroatoms. The molecule has 1 aromatic heterocycles. The molecule has 0 aromatic carbocycles. The molecule has 1 aromatic rings. The molecule has 0 spiro atoms. The number of likely N-dealkylation sites (tertiary alicyclic amines) is 1. The average Bonchev–Trinajstić information content (AvgIpc) is 2.73. The molecule has 1 aliphatic heterocycles. The summed E-state index contributed by atoms with van der Waals surface area (Å²) in [7, 11) is 0. The number of anilines is 1. The van der Waals surface area contributed by atoms with Gasteiger partial charge < -0.3 is 10.2 Å². The highest BCUT2D eigenvalue weighted by atomic mass is 16.2. The molecule has 1 amide bonds. The Kier molecular flexibility index (Phi) is 5.32. The zero-order valence-electron chi connectivity index (χ0n) is 12.4. The molecule has 2 rings (SSSR count). The second kappa shape index (κ2) is 7.22. The maximum atomic E-state index is 12.4. The van der Waals surface area contributed by atoms with Crippen LogP contribution in [0.4, 0.5) is 5.82 Å². The van der Waals surface area contributed by atoms with Crippen molar-refractivity contribution in [3.05, 3.63) is 18.1 Å². The van der Waals surface area contributed by atoms with Gasteiger partial charge in [-0.2, -0.15) is 0 Å². The second-order valence-electron chi connectivity index (χ2n) is 5.31. The Bertz CT molecular complexity index is 432. The van der Waals surface area contributed by atoms with E-state index >= 15 is 0 Å². The zero-order valence-corrected chi connectivity index (χ0v) is 12.4. The maximum absolute atomic E-state index is 12.4. The van der Waals surface area contributed by atoms with E-state index in [1.165, 1.54) is 12.8 Å². The summed E-state index contributed by atoms with van der Waals surface area (Å²) in [5.74, 6) is 1.48. The molecule has 1 saturated heterocycles. The van der Waals surface area contributed by atoms with Crippen molar-refractivity contribution in [2.24, 2.45) is 5.92 Å². The lowest BCUT2D eigenvalue weighted by atomic mass is 9.98. The van der Waals surface area contributed by atoms with Gasteiger partial charge >= 0.3 is 0 Å². The van der Waals surface area contributed by atoms with Crippen LogP contribution in [-0.4, -0.2) is 40.4 Å². The fourth-order valence-corrected chi connectivity index (χ4v) is 2.65. The highest BCUT2D eigenvalue weighted by Gasteiger charge is 2.21. The minimum atomic E-state index is 0.0114. The van der Waals surface area contributed by atoms with Crippen molar-refractivity contribution in [2.75, 3.05) is 25.0 Å². The molecule has 1 unspecified atom stereocenters. The number of rotatable bonds is 4. The van der Waals surface area contributed by atoms with Crippen LogP contribution in [0.25, 0.3) is 0 Å². The van der Waals surface area contributed by atoms with E-state index in [4.69, 9.17) is 0 Å². The highest BCUT2D eigenvalue weighted by Crippen LogP contribution is 2.21. The Labute approximate surface area is 120 Å². The van der Waals surface area contributed by atoms with Gasteiger partial charge in [-0.3, -0.25) is 4.79 Å². The summed E-state index contributed by atoms with van der Waals surface area (Å²) >= 11 is 0. The predicted molar refractivity (Wildman–Crippen MR) is 79.7 cm³/mol. The van der Waals surface area contributed by atoms with Crippen molar-refractivity contribution in [3.63, 3.8) is 0 Å². The monoisotopic (exact) mass is 276 g/mol. The largest absolute Gasteiger partial charge is 0.369 e. The molecular weight excluding hydrogens is 252 g/mol. The van der Waals surface area contributed by atoms with Crippen LogP contribution in [0.15, 0.2) is 12.4 Å². The number of nitrogens with one attached hydrogen (secondary N) is 1. The first kappa shape index (κ1) is 14.8. The number of aromatic nitrogens is 2. The van der Waals surface area contributed by atoms with Crippen LogP contribution in [0.1, 0.15) is 50.0 Å². The number of nitrogens with zero attached hydrogens (tertiary/aromatic N) is 3. The van der Waals surface area contributed by atoms with Gasteiger partial charge in [-0.15, -0.1) is 0 Å². The minimum absolute atomic E-state index is 0.0114. The molecule has 1 aliphatic rings. The van der Waals surface area contributed by atoms with Crippen LogP contribution in [0.5, 0.6) is 0 Å². The van der Waals surface area contributed by atoms with Crippen molar-refractivity contribution in [1.29, 1.82) is 0 Å². The SMILES string of the molecule is CCNc1cnc(C(=O)N2CCCC(CC)CC2)cn1. The summed E-state index contributed by atoms with van der Waals surface area (Å²) in [5, 5.41) is 3.08. The molecule has 0 saturated carbocycles. The topological polar surface area (TPSA) is 58.1 Å². The van der Waals surface area contributed by atoms with Crippen LogP contribution in [0.2, 0.25) is 0 Å². The molecular formula is C15H24N4O. The molecule has 0 aliphatic carbocycles. The predicted octanol–water partition coefficient (Wildman–Crippen LogP) is 2.56. The van der Waals surface area contributed by atoms with Crippen LogP contribution in [0, 0.1) is 5.92 Å². The van der Waals surface area contributed by atoms with Crippen LogP contribution in [0.3, 0.4) is 0 Å². The van der Waals surface area contributed by atoms with Gasteiger partial charge in [-0.1, -0.05) is 13.3 Å². The lowest BCUT2D eigenvalue weighted by Gasteiger charge is -2.20. The van der Waals surface area contributed by atoms with E-state index in [2.05, 4.69) is 22.2 Å². The number of amides is 1. The van der Waals surface area contributed by atoms with Crippen LogP contribution >= 0.6 is 0 Å². The Morgan fingerprint density at radius 1 is 1.30 bits per heavy atom. The van der Waals surface area contributed by atoms with Crippen molar-refractivity contribution >= 4 is 11.7 Å². The summed E-state index contributed by atoms with van der Waals surface area (Å²) in [4.78, 5) is 22.8. The van der Waals surface area contributed by atoms with E-state index in [0.717, 1.165) is 38.4 Å². The Hall–Kier alpha value is -1.65. The molecule has 0 radical (unpaired) electrons. The smallest absolute Gasteiger partial charge is 0.274 e. The summed E-state index contributed by atoms with van der Waals surface area (Å²) in [6.45, 7) is 6.71. The molecule has 1 N–H and O–H groups in total. The third-order valence-electron chi connectivity index (χ3n) is 3.94. The van der Waals surface area contributed by atoms with Gasteiger partial charge in [0, 0.05) is 19.6 Å². The number of hydrogen-bond donors (Lipinski definition) is 1. The molecule has 0 bridgehead atoms. The molecule has 1 fully saturated rings. The van der Waals surface area contributed by atoms with E-state index in [0.29, 0.717) is 11.5 Å². The third kappa shape index (κ3) is 3.68. The summed E-state index contributed by atoms with van der Waals surface area (Å²) < 4.78 is 0. The third-order valence-corrected chi connectivity index (χ3v) is 3.94. The standard InChI is InChI=1S/C15H24N4O/c1-3-12-6-5-8-19(9-7-12)15(20)13-10-18-14(11-17-13)16-4-2/h10-12H,3-9H2,1-2H3,(H,16,18). The fraction of sp³-hybridized carbons (Fsp3) is 0.667. The van der Waals surface area contributed by atoms with Gasteiger partial charge in [0.2, 0.25) is 0 Å². The lowest BCUT2D eigenvalue weighted by Crippen LogP contribution is -2.32. The van der Waals surface area contributed by atoms with Crippen LogP contribution in [-0.2, 0) is 0 Å². The summed E-state index contributed by atoms with van der Waals surface area (Å²) in [5.41, 5.74) is 0.446.